The molecule has 1 aromatic heterocycles. The molecular formula is C38H45ClN4O4S. The first-order valence-corrected chi connectivity index (χ1v) is 19.4. The molecule has 7 rings (SSSR count). The van der Waals surface area contributed by atoms with Crippen molar-refractivity contribution in [2.45, 2.75) is 81.7 Å². The van der Waals surface area contributed by atoms with Crippen molar-refractivity contribution >= 4 is 38.8 Å². The molecule has 0 saturated heterocycles. The minimum atomic E-state index is -2.90. The Labute approximate surface area is 289 Å². The van der Waals surface area contributed by atoms with Gasteiger partial charge in [-0.15, -0.1) is 0 Å². The second kappa shape index (κ2) is 13.8. The number of ether oxygens (including phenoxy) is 2. The van der Waals surface area contributed by atoms with Gasteiger partial charge in [0.05, 0.1) is 28.1 Å². The predicted molar refractivity (Wildman–Crippen MR) is 192 cm³/mol. The molecule has 2 aliphatic heterocycles. The molecule has 2 aliphatic carbocycles. The van der Waals surface area contributed by atoms with Gasteiger partial charge in [0.2, 0.25) is 0 Å². The van der Waals surface area contributed by atoms with Crippen molar-refractivity contribution in [1.29, 1.82) is 0 Å². The van der Waals surface area contributed by atoms with Gasteiger partial charge >= 0.3 is 0 Å². The van der Waals surface area contributed by atoms with Crippen molar-refractivity contribution in [3.63, 3.8) is 0 Å². The fourth-order valence-corrected chi connectivity index (χ4v) is 10.0. The van der Waals surface area contributed by atoms with Crippen LogP contribution in [0, 0.1) is 11.8 Å². The summed E-state index contributed by atoms with van der Waals surface area (Å²) in [5.74, 6) is 5.77. The first-order valence-electron chi connectivity index (χ1n) is 17.3. The van der Waals surface area contributed by atoms with E-state index >= 15 is 0 Å². The van der Waals surface area contributed by atoms with E-state index < -0.39 is 9.71 Å². The van der Waals surface area contributed by atoms with Crippen LogP contribution in [0.3, 0.4) is 0 Å². The maximum Gasteiger partial charge on any atom is 0.262 e. The number of aryl methyl sites for hydroxylation is 1. The molecule has 2 aromatic carbocycles. The lowest BCUT2D eigenvalue weighted by Crippen LogP contribution is -2.49. The summed E-state index contributed by atoms with van der Waals surface area (Å²) in [6.45, 7) is 4.43. The topological polar surface area (TPSA) is 93.7 Å². The van der Waals surface area contributed by atoms with Crippen LogP contribution in [-0.4, -0.2) is 57.0 Å². The van der Waals surface area contributed by atoms with Gasteiger partial charge in [0.1, 0.15) is 12.4 Å². The molecule has 10 heteroatoms. The van der Waals surface area contributed by atoms with Crippen LogP contribution < -0.4 is 14.4 Å². The number of nitrogens with zero attached hydrogens (tertiary/aromatic N) is 3. The van der Waals surface area contributed by atoms with Crippen LogP contribution in [0.4, 0.5) is 5.69 Å². The number of anilines is 1. The number of halogens is 1. The van der Waals surface area contributed by atoms with E-state index in [-0.39, 0.29) is 22.7 Å². The first-order chi connectivity index (χ1) is 23.2. The van der Waals surface area contributed by atoms with Gasteiger partial charge < -0.3 is 14.4 Å². The normalized spacial score (nSPS) is 31.0. The van der Waals surface area contributed by atoms with Crippen molar-refractivity contribution in [2.75, 3.05) is 24.6 Å². The van der Waals surface area contributed by atoms with Crippen molar-refractivity contribution in [1.82, 2.24) is 14.7 Å². The fourth-order valence-electron chi connectivity index (χ4n) is 8.16. The number of amides is 1. The molecule has 3 aromatic rings. The van der Waals surface area contributed by atoms with E-state index in [0.29, 0.717) is 55.7 Å². The largest absolute Gasteiger partial charge is 0.490 e. The molecule has 1 fully saturated rings. The highest BCUT2D eigenvalue weighted by Gasteiger charge is 2.44. The Bertz CT molecular complexity index is 1780. The van der Waals surface area contributed by atoms with Crippen LogP contribution in [0.2, 0.25) is 5.02 Å². The second-order valence-electron chi connectivity index (χ2n) is 13.9. The number of carbonyl (C=O) groups is 1. The molecule has 8 nitrogen and oxygen atoms in total. The summed E-state index contributed by atoms with van der Waals surface area (Å²) in [7, 11) is -2.90. The van der Waals surface area contributed by atoms with Crippen molar-refractivity contribution in [3.05, 3.63) is 94.5 Å². The third-order valence-corrected chi connectivity index (χ3v) is 13.3. The molecule has 4 aliphatic rings. The number of aromatic nitrogens is 2. The molecule has 3 heterocycles. The number of fused-ring (bicyclic) bond motifs is 4. The maximum absolute atomic E-state index is 13.9. The first kappa shape index (κ1) is 33.1. The molecule has 0 radical (unpaired) electrons. The van der Waals surface area contributed by atoms with Gasteiger partial charge in [0.15, 0.2) is 5.82 Å². The van der Waals surface area contributed by atoms with Crippen LogP contribution in [0.15, 0.2) is 67.0 Å². The summed E-state index contributed by atoms with van der Waals surface area (Å²) < 4.78 is 29.9. The third kappa shape index (κ3) is 6.74. The average molecular weight is 689 g/mol. The summed E-state index contributed by atoms with van der Waals surface area (Å²) in [5, 5.41) is 0.502. The van der Waals surface area contributed by atoms with E-state index in [1.54, 1.807) is 18.5 Å². The van der Waals surface area contributed by atoms with Crippen LogP contribution in [0.25, 0.3) is 0 Å². The lowest BCUT2D eigenvalue weighted by molar-refractivity contribution is -0.0249. The summed E-state index contributed by atoms with van der Waals surface area (Å²) in [6.07, 6.45) is 14.9. The number of rotatable bonds is 4. The number of nitrogens with one attached hydrogen (secondary N) is 1. The molecular weight excluding hydrogens is 644 g/mol. The lowest BCUT2D eigenvalue weighted by atomic mass is 9.68. The van der Waals surface area contributed by atoms with Gasteiger partial charge in [-0.25, -0.2) is 14.2 Å². The van der Waals surface area contributed by atoms with Gasteiger partial charge in [-0.2, -0.15) is 0 Å². The molecule has 1 N–H and O–H groups in total. The molecule has 1 spiro atoms. The van der Waals surface area contributed by atoms with Gasteiger partial charge in [-0.1, -0.05) is 36.7 Å². The highest BCUT2D eigenvalue weighted by Crippen LogP contribution is 2.47. The summed E-state index contributed by atoms with van der Waals surface area (Å²) in [4.78, 5) is 24.9. The lowest BCUT2D eigenvalue weighted by Gasteiger charge is -2.46. The Morgan fingerprint density at radius 3 is 2.81 bits per heavy atom. The van der Waals surface area contributed by atoms with Gasteiger partial charge in [-0.05, 0) is 117 Å². The van der Waals surface area contributed by atoms with Crippen LogP contribution in [0.5, 0.6) is 5.75 Å². The third-order valence-electron chi connectivity index (χ3n) is 10.9. The van der Waals surface area contributed by atoms with Gasteiger partial charge in [0.25, 0.3) is 5.91 Å². The summed E-state index contributed by atoms with van der Waals surface area (Å²) in [5.41, 5.74) is 3.72. The molecule has 2 bridgehead atoms. The molecule has 1 unspecified atom stereocenters. The zero-order chi connectivity index (χ0) is 33.3. The minimum absolute atomic E-state index is 0.107. The number of allylic oxidation sites excluding steroid dienone is 1. The number of carbonyl (C=O) groups excluding carboxylic acids is 1. The zero-order valence-corrected chi connectivity index (χ0v) is 29.2. The second-order valence-corrected chi connectivity index (χ2v) is 16.7. The van der Waals surface area contributed by atoms with Crippen LogP contribution in [0.1, 0.15) is 79.2 Å². The van der Waals surface area contributed by atoms with E-state index in [2.05, 4.69) is 49.7 Å². The molecule has 48 heavy (non-hydrogen) atoms. The number of benzene rings is 2. The highest BCUT2D eigenvalue weighted by atomic mass is 35.5. The highest BCUT2D eigenvalue weighted by molar-refractivity contribution is 7.99. The SMILES string of the molecule is C=S1(=O)NC(=O)c2ccc3c(c2)N(C[C@@H]2CC[C@H]2[C@@H](OCc2ncccn2)/C=C/CC[C@H]1CC)C[C@@]1(CCCc2cc(Cl)ccc21)CO3. The van der Waals surface area contributed by atoms with Crippen LogP contribution in [-0.2, 0) is 32.9 Å². The van der Waals surface area contributed by atoms with Crippen molar-refractivity contribution in [2.24, 2.45) is 11.8 Å². The van der Waals surface area contributed by atoms with E-state index in [4.69, 9.17) is 21.1 Å². The molecule has 1 amide bonds. The summed E-state index contributed by atoms with van der Waals surface area (Å²) in [6, 6.07) is 13.7. The van der Waals surface area contributed by atoms with Crippen molar-refractivity contribution in [3.8, 4) is 5.75 Å². The fraction of sp³-hybridized carbons (Fsp3) is 0.474. The van der Waals surface area contributed by atoms with E-state index in [1.807, 2.05) is 31.2 Å². The van der Waals surface area contributed by atoms with E-state index in [9.17, 15) is 9.00 Å². The Kier molecular flexibility index (Phi) is 9.55. The zero-order valence-electron chi connectivity index (χ0n) is 27.6. The Morgan fingerprint density at radius 2 is 2.02 bits per heavy atom. The summed E-state index contributed by atoms with van der Waals surface area (Å²) >= 11 is 6.47. The predicted octanol–water partition coefficient (Wildman–Crippen LogP) is 6.70. The van der Waals surface area contributed by atoms with Crippen LogP contribution >= 0.6 is 11.6 Å². The molecule has 6 atom stereocenters. The Morgan fingerprint density at radius 1 is 1.17 bits per heavy atom. The van der Waals surface area contributed by atoms with Gasteiger partial charge in [0, 0.05) is 46.7 Å². The van der Waals surface area contributed by atoms with Gasteiger partial charge in [-0.3, -0.25) is 9.52 Å². The van der Waals surface area contributed by atoms with Crippen molar-refractivity contribution < 1.29 is 18.5 Å². The number of hydrogen-bond donors (Lipinski definition) is 1. The molecule has 1 saturated carbocycles. The monoisotopic (exact) mass is 688 g/mol. The number of hydrogen-bond acceptors (Lipinski definition) is 7. The average Bonchev–Trinajstić information content (AvgIpc) is 3.21. The van der Waals surface area contributed by atoms with E-state index in [0.717, 1.165) is 61.7 Å². The quantitative estimate of drug-likeness (QED) is 0.241. The standard InChI is InChI=1S/C38H45ClN4O4S/c1-3-30-9-4-5-10-34(46-23-36-40-18-7-19-41-36)31-14-11-28(31)22-43-24-38(17-6-8-26-20-29(39)13-15-32(26)38)25-47-35-16-12-27(21-33(35)43)37(44)42-48(30,2)45/h5,7,10,12-13,15-16,18-21,28,30-31,34H,2-4,6,8-9,11,14,17,22-25H2,1H3,(H,42,44,45)/b10-5+/t28-,30+,31+,34-,38-,48?/m0/s1. The molecule has 254 valence electrons. The maximum atomic E-state index is 13.9. The smallest absolute Gasteiger partial charge is 0.262 e. The Balaban J connectivity index is 1.27. The Hall–Kier alpha value is -3.40. The van der Waals surface area contributed by atoms with E-state index in [1.165, 1.54) is 11.1 Å². The minimum Gasteiger partial charge on any atom is -0.490 e.